The first-order valence-electron chi connectivity index (χ1n) is 5.60. The summed E-state index contributed by atoms with van der Waals surface area (Å²) in [4.78, 5) is 0. The van der Waals surface area contributed by atoms with Crippen LogP contribution in [0.5, 0.6) is 0 Å². The predicted molar refractivity (Wildman–Crippen MR) is 61.2 cm³/mol. The van der Waals surface area contributed by atoms with Crippen molar-refractivity contribution in [2.45, 2.75) is 18.1 Å². The average Bonchev–Trinajstić information content (AvgIpc) is 2.39. The Hall–Kier alpha value is -1.32. The van der Waals surface area contributed by atoms with Crippen molar-refractivity contribution < 1.29 is 35.8 Å². The van der Waals surface area contributed by atoms with E-state index < -0.39 is 41.4 Å². The Kier molecular flexibility index (Phi) is 4.91. The van der Waals surface area contributed by atoms with Crippen LogP contribution in [0.3, 0.4) is 0 Å². The maximum absolute atomic E-state index is 12.8. The molecule has 0 aliphatic carbocycles. The van der Waals surface area contributed by atoms with Gasteiger partial charge in [0, 0.05) is 19.8 Å². The first kappa shape index (κ1) is 17.7. The van der Waals surface area contributed by atoms with Crippen LogP contribution in [-0.4, -0.2) is 20.8 Å². The summed E-state index contributed by atoms with van der Waals surface area (Å²) in [7, 11) is 2.15. The highest BCUT2D eigenvalue weighted by Crippen LogP contribution is 2.39. The van der Waals surface area contributed by atoms with Gasteiger partial charge in [-0.1, -0.05) is 0 Å². The van der Waals surface area contributed by atoms with Gasteiger partial charge in [-0.25, -0.2) is 0 Å². The summed E-state index contributed by atoms with van der Waals surface area (Å²) in [5.41, 5.74) is 1.99. The number of halogens is 6. The first-order chi connectivity index (χ1) is 9.50. The molecule has 0 amide bonds. The fraction of sp³-hybridized carbons (Fsp3) is 0.500. The Balaban J connectivity index is 3.59. The molecule has 0 unspecified atom stereocenters. The molecular weight excluding hydrogens is 304 g/mol. The molecule has 0 aliphatic rings. The van der Waals surface area contributed by atoms with E-state index in [0.29, 0.717) is 12.1 Å². The van der Waals surface area contributed by atoms with E-state index in [1.807, 2.05) is 0 Å². The van der Waals surface area contributed by atoms with E-state index in [1.165, 1.54) is 0 Å². The number of hydrogen-bond acceptors (Lipinski definition) is 3. The van der Waals surface area contributed by atoms with E-state index in [2.05, 4.69) is 0 Å². The van der Waals surface area contributed by atoms with Gasteiger partial charge in [0.15, 0.2) is 0 Å². The molecule has 0 bridgehead atoms. The Morgan fingerprint density at radius 3 is 1.38 bits per heavy atom. The minimum Gasteiger partial charge on any atom is -0.348 e. The molecule has 120 valence electrons. The molecule has 1 rings (SSSR count). The molecule has 0 saturated carbocycles. The van der Waals surface area contributed by atoms with Crippen molar-refractivity contribution in [2.75, 3.05) is 20.8 Å². The summed E-state index contributed by atoms with van der Waals surface area (Å²) in [5.74, 6) is -1.89. The topological polar surface area (TPSA) is 44.5 Å². The standard InChI is InChI=1S/C12H13F6NO2/c1-20-10(6-19,21-2)7-3-8(11(13,14)15)5-9(4-7)12(16,17)18/h3-5H,6,19H2,1-2H3. The van der Waals surface area contributed by atoms with Crippen molar-refractivity contribution in [3.05, 3.63) is 34.9 Å². The van der Waals surface area contributed by atoms with Crippen LogP contribution in [0, 0.1) is 0 Å². The number of nitrogens with two attached hydrogens (primary N) is 1. The number of ether oxygens (including phenoxy) is 2. The SMILES string of the molecule is COC(CN)(OC)c1cc(C(F)(F)F)cc(C(F)(F)F)c1. The van der Waals surface area contributed by atoms with Gasteiger partial charge in [-0.2, -0.15) is 26.3 Å². The molecule has 21 heavy (non-hydrogen) atoms. The number of hydrogen-bond donors (Lipinski definition) is 1. The van der Waals surface area contributed by atoms with Crippen LogP contribution in [0.2, 0.25) is 0 Å². The van der Waals surface area contributed by atoms with Gasteiger partial charge >= 0.3 is 12.4 Å². The van der Waals surface area contributed by atoms with E-state index >= 15 is 0 Å². The summed E-state index contributed by atoms with van der Waals surface area (Å²) in [6.07, 6.45) is -9.89. The minimum atomic E-state index is -4.95. The largest absolute Gasteiger partial charge is 0.416 e. The Morgan fingerprint density at radius 2 is 1.14 bits per heavy atom. The van der Waals surface area contributed by atoms with E-state index in [-0.39, 0.29) is 6.07 Å². The van der Waals surface area contributed by atoms with Gasteiger partial charge in [-0.15, -0.1) is 0 Å². The van der Waals surface area contributed by atoms with Crippen LogP contribution >= 0.6 is 0 Å². The molecule has 0 aromatic heterocycles. The normalized spacial score (nSPS) is 13.6. The molecule has 0 fully saturated rings. The molecule has 3 nitrogen and oxygen atoms in total. The molecule has 0 heterocycles. The highest BCUT2D eigenvalue weighted by molar-refractivity contribution is 5.36. The van der Waals surface area contributed by atoms with Crippen LogP contribution in [0.1, 0.15) is 16.7 Å². The van der Waals surface area contributed by atoms with Gasteiger partial charge < -0.3 is 15.2 Å². The van der Waals surface area contributed by atoms with Gasteiger partial charge in [0.2, 0.25) is 5.79 Å². The molecule has 2 N–H and O–H groups in total. The highest BCUT2D eigenvalue weighted by atomic mass is 19.4. The fourth-order valence-corrected chi connectivity index (χ4v) is 1.78. The van der Waals surface area contributed by atoms with Gasteiger partial charge in [-0.05, 0) is 18.2 Å². The third-order valence-corrected chi connectivity index (χ3v) is 2.96. The third-order valence-electron chi connectivity index (χ3n) is 2.96. The highest BCUT2D eigenvalue weighted by Gasteiger charge is 2.40. The molecular formula is C12H13F6NO2. The van der Waals surface area contributed by atoms with Gasteiger partial charge in [0.25, 0.3) is 0 Å². The quantitative estimate of drug-likeness (QED) is 0.685. The Labute approximate surface area is 116 Å². The van der Waals surface area contributed by atoms with Crippen LogP contribution in [-0.2, 0) is 27.6 Å². The summed E-state index contributed by atoms with van der Waals surface area (Å²) in [5, 5.41) is 0. The summed E-state index contributed by atoms with van der Waals surface area (Å²) in [6, 6.07) is 1.07. The molecule has 0 saturated heterocycles. The van der Waals surface area contributed by atoms with Crippen molar-refractivity contribution in [2.24, 2.45) is 5.73 Å². The zero-order valence-electron chi connectivity index (χ0n) is 11.1. The lowest BCUT2D eigenvalue weighted by molar-refractivity contribution is -0.208. The fourth-order valence-electron chi connectivity index (χ4n) is 1.78. The lowest BCUT2D eigenvalue weighted by atomic mass is 9.98. The molecule has 0 spiro atoms. The minimum absolute atomic E-state index is 0.0239. The summed E-state index contributed by atoms with van der Waals surface area (Å²) in [6.45, 7) is -0.460. The van der Waals surface area contributed by atoms with E-state index in [0.717, 1.165) is 14.2 Å². The monoisotopic (exact) mass is 317 g/mol. The van der Waals surface area contributed by atoms with Gasteiger partial charge in [0.1, 0.15) is 0 Å². The van der Waals surface area contributed by atoms with Crippen molar-refractivity contribution in [3.8, 4) is 0 Å². The lowest BCUT2D eigenvalue weighted by Gasteiger charge is -2.31. The first-order valence-corrected chi connectivity index (χ1v) is 5.60. The van der Waals surface area contributed by atoms with Crippen LogP contribution in [0.4, 0.5) is 26.3 Å². The molecule has 0 aliphatic heterocycles. The molecule has 1 aromatic rings. The smallest absolute Gasteiger partial charge is 0.348 e. The number of alkyl halides is 6. The number of benzene rings is 1. The van der Waals surface area contributed by atoms with Crippen LogP contribution in [0.15, 0.2) is 18.2 Å². The Bertz CT molecular complexity index is 453. The molecule has 1 aromatic carbocycles. The third kappa shape index (κ3) is 3.66. The van der Waals surface area contributed by atoms with E-state index in [1.54, 1.807) is 0 Å². The summed E-state index contributed by atoms with van der Waals surface area (Å²) < 4.78 is 86.3. The second-order valence-electron chi connectivity index (χ2n) is 4.16. The van der Waals surface area contributed by atoms with Crippen molar-refractivity contribution in [1.82, 2.24) is 0 Å². The van der Waals surface area contributed by atoms with Crippen molar-refractivity contribution >= 4 is 0 Å². The van der Waals surface area contributed by atoms with Crippen molar-refractivity contribution in [1.29, 1.82) is 0 Å². The van der Waals surface area contributed by atoms with Gasteiger partial charge in [0.05, 0.1) is 17.7 Å². The number of rotatable bonds is 4. The van der Waals surface area contributed by atoms with Crippen LogP contribution < -0.4 is 5.73 Å². The summed E-state index contributed by atoms with van der Waals surface area (Å²) >= 11 is 0. The van der Waals surface area contributed by atoms with E-state index in [9.17, 15) is 26.3 Å². The maximum Gasteiger partial charge on any atom is 0.416 e. The maximum atomic E-state index is 12.8. The number of methoxy groups -OCH3 is 2. The van der Waals surface area contributed by atoms with Crippen molar-refractivity contribution in [3.63, 3.8) is 0 Å². The average molecular weight is 317 g/mol. The lowest BCUT2D eigenvalue weighted by Crippen LogP contribution is -2.39. The van der Waals surface area contributed by atoms with E-state index in [4.69, 9.17) is 15.2 Å². The molecule has 0 atom stereocenters. The van der Waals surface area contributed by atoms with Gasteiger partial charge in [-0.3, -0.25) is 0 Å². The Morgan fingerprint density at radius 1 is 0.810 bits per heavy atom. The predicted octanol–water partition coefficient (Wildman–Crippen LogP) is 3.13. The zero-order valence-corrected chi connectivity index (χ0v) is 11.1. The zero-order chi connectivity index (χ0) is 16.5. The molecule has 0 radical (unpaired) electrons. The molecule has 9 heteroatoms. The second-order valence-corrected chi connectivity index (χ2v) is 4.16. The second kappa shape index (κ2) is 5.82. The van der Waals surface area contributed by atoms with Crippen LogP contribution in [0.25, 0.3) is 0 Å².